The Kier molecular flexibility index (Phi) is 7.23. The van der Waals surface area contributed by atoms with Gasteiger partial charge in [0.15, 0.2) is 11.5 Å². The van der Waals surface area contributed by atoms with E-state index in [1.165, 1.54) is 19.2 Å². The Balaban J connectivity index is 1.52. The van der Waals surface area contributed by atoms with Gasteiger partial charge in [-0.05, 0) is 72.3 Å². The van der Waals surface area contributed by atoms with Gasteiger partial charge >= 0.3 is 5.97 Å². The number of imide groups is 1. The molecule has 1 aliphatic rings. The smallest absolute Gasteiger partial charge is 0.343 e. The average Bonchev–Trinajstić information content (AvgIpc) is 3.08. The molecule has 0 N–H and O–H groups in total. The second-order valence-corrected chi connectivity index (χ2v) is 9.07. The van der Waals surface area contributed by atoms with Crippen LogP contribution in [0.4, 0.5) is 9.18 Å². The van der Waals surface area contributed by atoms with Crippen LogP contribution in [0.25, 0.3) is 6.08 Å². The summed E-state index contributed by atoms with van der Waals surface area (Å²) in [7, 11) is 1.43. The lowest BCUT2D eigenvalue weighted by Gasteiger charge is -2.13. The number of nitrogens with zero attached hydrogens (tertiary/aromatic N) is 1. The average molecular weight is 512 g/mol. The summed E-state index contributed by atoms with van der Waals surface area (Å²) in [4.78, 5) is 39.1. The fraction of sp³-hybridized carbons (Fsp3) is 0.115. The van der Waals surface area contributed by atoms with Gasteiger partial charge in [-0.1, -0.05) is 41.4 Å². The first-order chi connectivity index (χ1) is 16.7. The van der Waals surface area contributed by atoms with Gasteiger partial charge in [-0.25, -0.2) is 9.18 Å². The highest BCUT2D eigenvalue weighted by Crippen LogP contribution is 2.36. The molecule has 6 nitrogen and oxygen atoms in total. The largest absolute Gasteiger partial charge is 0.493 e. The monoisotopic (exact) mass is 511 g/mol. The van der Waals surface area contributed by atoms with Crippen molar-refractivity contribution in [2.75, 3.05) is 7.11 Å². The molecule has 3 aromatic carbocycles. The van der Waals surface area contributed by atoms with Gasteiger partial charge in [-0.3, -0.25) is 14.5 Å². The van der Waals surface area contributed by atoms with Crippen LogP contribution in [0.2, 0.25) is 5.02 Å². The first kappa shape index (κ1) is 24.5. The topological polar surface area (TPSA) is 72.9 Å². The minimum atomic E-state index is -0.527. The second kappa shape index (κ2) is 10.3. The zero-order valence-corrected chi connectivity index (χ0v) is 20.3. The van der Waals surface area contributed by atoms with Crippen molar-refractivity contribution in [2.24, 2.45) is 0 Å². The Morgan fingerprint density at radius 3 is 2.60 bits per heavy atom. The highest BCUT2D eigenvalue weighted by molar-refractivity contribution is 8.18. The fourth-order valence-electron chi connectivity index (χ4n) is 3.40. The highest BCUT2D eigenvalue weighted by Gasteiger charge is 2.35. The SMILES string of the molecule is COc1cc(/C=C2\SC(=O)N(Cc3ccc(F)cc3Cl)C2=O)ccc1OC(=O)c1cccc(C)c1. The molecule has 9 heteroatoms. The Hall–Kier alpha value is -3.62. The van der Waals surface area contributed by atoms with Gasteiger partial charge in [-0.2, -0.15) is 0 Å². The number of amides is 2. The fourth-order valence-corrected chi connectivity index (χ4v) is 4.46. The van der Waals surface area contributed by atoms with Crippen LogP contribution >= 0.6 is 23.4 Å². The van der Waals surface area contributed by atoms with Gasteiger partial charge in [0, 0.05) is 5.02 Å². The minimum Gasteiger partial charge on any atom is -0.493 e. The number of ether oxygens (including phenoxy) is 2. The van der Waals surface area contributed by atoms with Gasteiger partial charge in [0.05, 0.1) is 24.1 Å². The third kappa shape index (κ3) is 5.55. The normalized spacial score (nSPS) is 14.5. The van der Waals surface area contributed by atoms with Crippen molar-refractivity contribution in [3.8, 4) is 11.5 Å². The van der Waals surface area contributed by atoms with E-state index in [4.69, 9.17) is 21.1 Å². The quantitative estimate of drug-likeness (QED) is 0.221. The first-order valence-electron chi connectivity index (χ1n) is 10.4. The molecule has 4 rings (SSSR count). The molecule has 178 valence electrons. The summed E-state index contributed by atoms with van der Waals surface area (Å²) >= 11 is 6.83. The van der Waals surface area contributed by atoms with Gasteiger partial charge < -0.3 is 9.47 Å². The number of halogens is 2. The van der Waals surface area contributed by atoms with Crippen molar-refractivity contribution in [1.29, 1.82) is 0 Å². The molecule has 0 aromatic heterocycles. The number of benzene rings is 3. The van der Waals surface area contributed by atoms with Gasteiger partial charge in [0.2, 0.25) is 0 Å². The number of hydrogen-bond acceptors (Lipinski definition) is 6. The van der Waals surface area contributed by atoms with E-state index in [1.807, 2.05) is 13.0 Å². The summed E-state index contributed by atoms with van der Waals surface area (Å²) < 4.78 is 24.1. The third-order valence-electron chi connectivity index (χ3n) is 5.16. The van der Waals surface area contributed by atoms with E-state index in [0.717, 1.165) is 28.3 Å². The number of esters is 1. The number of carbonyl (C=O) groups is 3. The van der Waals surface area contributed by atoms with Crippen LogP contribution in [0, 0.1) is 12.7 Å². The van der Waals surface area contributed by atoms with Crippen LogP contribution in [0.3, 0.4) is 0 Å². The standard InChI is InChI=1S/C26H19ClFNO5S/c1-15-4-3-5-17(10-15)25(31)34-21-9-6-16(11-22(21)33-2)12-23-24(30)29(26(32)35-23)14-18-7-8-19(28)13-20(18)27/h3-13H,14H2,1-2H3/b23-12-. The number of rotatable bonds is 6. The lowest BCUT2D eigenvalue weighted by Crippen LogP contribution is -2.27. The van der Waals surface area contributed by atoms with Crippen molar-refractivity contribution in [3.63, 3.8) is 0 Å². The van der Waals surface area contributed by atoms with Gasteiger partial charge in [0.1, 0.15) is 5.82 Å². The molecule has 0 bridgehead atoms. The van der Waals surface area contributed by atoms with Crippen LogP contribution in [0.5, 0.6) is 11.5 Å². The maximum absolute atomic E-state index is 13.3. The number of aryl methyl sites for hydroxylation is 1. The maximum atomic E-state index is 13.3. The molecule has 1 heterocycles. The van der Waals surface area contributed by atoms with Crippen LogP contribution < -0.4 is 9.47 Å². The molecule has 0 aliphatic carbocycles. The molecule has 3 aromatic rings. The van der Waals surface area contributed by atoms with E-state index >= 15 is 0 Å². The molecule has 1 saturated heterocycles. The highest BCUT2D eigenvalue weighted by atomic mass is 35.5. The molecule has 1 fully saturated rings. The van der Waals surface area contributed by atoms with Crippen molar-refractivity contribution in [3.05, 3.63) is 98.7 Å². The van der Waals surface area contributed by atoms with Crippen LogP contribution in [0.15, 0.2) is 65.6 Å². The van der Waals surface area contributed by atoms with E-state index in [9.17, 15) is 18.8 Å². The van der Waals surface area contributed by atoms with Gasteiger partial charge in [0.25, 0.3) is 11.1 Å². The Labute approximate surface area is 210 Å². The lowest BCUT2D eigenvalue weighted by atomic mass is 10.1. The number of methoxy groups -OCH3 is 1. The summed E-state index contributed by atoms with van der Waals surface area (Å²) in [5, 5.41) is -0.328. The molecule has 35 heavy (non-hydrogen) atoms. The summed E-state index contributed by atoms with van der Waals surface area (Å²) in [5.74, 6) is -1.02. The summed E-state index contributed by atoms with van der Waals surface area (Å²) in [5.41, 5.74) is 2.36. The number of thioether (sulfide) groups is 1. The van der Waals surface area contributed by atoms with Crippen LogP contribution in [-0.2, 0) is 11.3 Å². The van der Waals surface area contributed by atoms with Crippen molar-refractivity contribution < 1.29 is 28.2 Å². The van der Waals surface area contributed by atoms with E-state index in [1.54, 1.807) is 42.5 Å². The zero-order chi connectivity index (χ0) is 25.1. The molecular formula is C26H19ClFNO5S. The minimum absolute atomic E-state index is 0.0711. The van der Waals surface area contributed by atoms with E-state index < -0.39 is 22.9 Å². The Bertz CT molecular complexity index is 1370. The van der Waals surface area contributed by atoms with E-state index in [0.29, 0.717) is 16.7 Å². The Morgan fingerprint density at radius 1 is 1.09 bits per heavy atom. The predicted molar refractivity (Wildman–Crippen MR) is 132 cm³/mol. The van der Waals surface area contributed by atoms with Crippen LogP contribution in [0.1, 0.15) is 27.0 Å². The van der Waals surface area contributed by atoms with Crippen molar-refractivity contribution in [2.45, 2.75) is 13.5 Å². The number of carbonyl (C=O) groups excluding carboxylic acids is 3. The third-order valence-corrected chi connectivity index (χ3v) is 6.42. The molecule has 0 saturated carbocycles. The molecular weight excluding hydrogens is 493 g/mol. The summed E-state index contributed by atoms with van der Waals surface area (Å²) in [6, 6.07) is 15.6. The summed E-state index contributed by atoms with van der Waals surface area (Å²) in [6.45, 7) is 1.81. The molecule has 2 amide bonds. The maximum Gasteiger partial charge on any atom is 0.343 e. The first-order valence-corrected chi connectivity index (χ1v) is 11.6. The lowest BCUT2D eigenvalue weighted by molar-refractivity contribution is -0.123. The van der Waals surface area contributed by atoms with Crippen LogP contribution in [-0.4, -0.2) is 29.1 Å². The Morgan fingerprint density at radius 2 is 1.89 bits per heavy atom. The summed E-state index contributed by atoms with van der Waals surface area (Å²) in [6.07, 6.45) is 1.55. The second-order valence-electron chi connectivity index (χ2n) is 7.67. The van der Waals surface area contributed by atoms with Gasteiger partial charge in [-0.15, -0.1) is 0 Å². The van der Waals surface area contributed by atoms with Crippen molar-refractivity contribution >= 4 is 46.6 Å². The molecule has 1 aliphatic heterocycles. The molecule has 0 unspecified atom stereocenters. The van der Waals surface area contributed by atoms with E-state index in [2.05, 4.69) is 0 Å². The zero-order valence-electron chi connectivity index (χ0n) is 18.7. The number of hydrogen-bond donors (Lipinski definition) is 0. The van der Waals surface area contributed by atoms with Crippen molar-refractivity contribution in [1.82, 2.24) is 4.90 Å². The predicted octanol–water partition coefficient (Wildman–Crippen LogP) is 6.25. The molecule has 0 radical (unpaired) electrons. The molecule has 0 atom stereocenters. The molecule has 0 spiro atoms. The van der Waals surface area contributed by atoms with E-state index in [-0.39, 0.29) is 28.0 Å².